The Morgan fingerprint density at radius 1 is 1.43 bits per heavy atom. The van der Waals surface area contributed by atoms with Crippen LogP contribution in [0.5, 0.6) is 11.6 Å². The lowest BCUT2D eigenvalue weighted by Crippen LogP contribution is -2.29. The monoisotopic (exact) mass is 381 g/mol. The molecule has 1 N–H and O–H groups in total. The summed E-state index contributed by atoms with van der Waals surface area (Å²) in [6.45, 7) is 4.98. The number of aromatic nitrogens is 1. The molecule has 0 bridgehead atoms. The quantitative estimate of drug-likeness (QED) is 0.776. The Kier molecular flexibility index (Phi) is 6.12. The first-order valence-electron chi connectivity index (χ1n) is 9.30. The average molecular weight is 381 g/mol. The van der Waals surface area contributed by atoms with Gasteiger partial charge in [-0.3, -0.25) is 14.4 Å². The van der Waals surface area contributed by atoms with Gasteiger partial charge in [-0.2, -0.15) is 5.26 Å². The second-order valence-corrected chi connectivity index (χ2v) is 6.58. The second-order valence-electron chi connectivity index (χ2n) is 6.58. The van der Waals surface area contributed by atoms with Gasteiger partial charge >= 0.3 is 0 Å². The van der Waals surface area contributed by atoms with Crippen molar-refractivity contribution in [3.63, 3.8) is 0 Å². The highest BCUT2D eigenvalue weighted by Crippen LogP contribution is 2.24. The van der Waals surface area contributed by atoms with Crippen molar-refractivity contribution in [3.05, 3.63) is 51.3 Å². The van der Waals surface area contributed by atoms with Gasteiger partial charge in [0.15, 0.2) is 0 Å². The van der Waals surface area contributed by atoms with E-state index in [1.807, 2.05) is 25.1 Å². The molecular weight excluding hydrogens is 358 g/mol. The minimum absolute atomic E-state index is 0.00365. The summed E-state index contributed by atoms with van der Waals surface area (Å²) in [5, 5.41) is 20.1. The molecule has 0 saturated carbocycles. The van der Waals surface area contributed by atoms with Crippen molar-refractivity contribution in [2.24, 2.45) is 4.99 Å². The molecule has 2 aromatic rings. The van der Waals surface area contributed by atoms with Crippen LogP contribution in [0, 0.1) is 18.3 Å². The van der Waals surface area contributed by atoms with Gasteiger partial charge in [0.1, 0.15) is 17.4 Å². The number of pyridine rings is 1. The number of aliphatic imine (C=N–C) groups is 1. The number of rotatable bonds is 6. The van der Waals surface area contributed by atoms with E-state index in [0.717, 1.165) is 18.6 Å². The Balaban J connectivity index is 1.97. The van der Waals surface area contributed by atoms with Crippen molar-refractivity contribution in [1.29, 1.82) is 5.26 Å². The van der Waals surface area contributed by atoms with Gasteiger partial charge in [-0.05, 0) is 56.5 Å². The Morgan fingerprint density at radius 3 is 2.79 bits per heavy atom. The van der Waals surface area contributed by atoms with E-state index in [-0.39, 0.29) is 24.1 Å². The number of nitriles is 1. The second kappa shape index (κ2) is 8.72. The fourth-order valence-electron chi connectivity index (χ4n) is 3.22. The normalized spacial score (nSPS) is 16.4. The molecule has 1 aliphatic rings. The van der Waals surface area contributed by atoms with Gasteiger partial charge in [0.25, 0.3) is 5.56 Å². The van der Waals surface area contributed by atoms with Crippen LogP contribution >= 0.6 is 0 Å². The summed E-state index contributed by atoms with van der Waals surface area (Å²) in [4.78, 5) is 17.0. The van der Waals surface area contributed by atoms with E-state index in [0.29, 0.717) is 30.0 Å². The molecule has 1 aliphatic heterocycles. The van der Waals surface area contributed by atoms with Crippen LogP contribution in [-0.2, 0) is 11.3 Å². The van der Waals surface area contributed by atoms with Crippen LogP contribution in [0.3, 0.4) is 0 Å². The molecule has 7 heteroatoms. The summed E-state index contributed by atoms with van der Waals surface area (Å²) in [7, 11) is 0. The van der Waals surface area contributed by atoms with Crippen LogP contribution in [0.25, 0.3) is 0 Å². The lowest BCUT2D eigenvalue weighted by atomic mass is 10.1. The first-order valence-corrected chi connectivity index (χ1v) is 9.30. The largest absolute Gasteiger partial charge is 0.494 e. The summed E-state index contributed by atoms with van der Waals surface area (Å²) in [6.07, 6.45) is 3.07. The standard InChI is InChI=1S/C21H23N3O4/c1-3-27-16-8-6-15(7-9-16)23-12-19-14(2)18(11-22)20(25)24(21(19)26)13-17-5-4-10-28-17/h6-9,12,17,26H,3-5,10,13H2,1-2H3. The van der Waals surface area contributed by atoms with Crippen molar-refractivity contribution in [3.8, 4) is 17.7 Å². The van der Waals surface area contributed by atoms with Crippen molar-refractivity contribution in [2.75, 3.05) is 13.2 Å². The highest BCUT2D eigenvalue weighted by Gasteiger charge is 2.22. The van der Waals surface area contributed by atoms with Crippen molar-refractivity contribution in [2.45, 2.75) is 39.3 Å². The van der Waals surface area contributed by atoms with Crippen LogP contribution in [-0.4, -0.2) is 35.2 Å². The van der Waals surface area contributed by atoms with E-state index in [1.165, 1.54) is 10.8 Å². The van der Waals surface area contributed by atoms with Gasteiger partial charge < -0.3 is 14.6 Å². The van der Waals surface area contributed by atoms with Gasteiger partial charge in [-0.15, -0.1) is 0 Å². The molecule has 1 aromatic heterocycles. The van der Waals surface area contributed by atoms with E-state index in [2.05, 4.69) is 4.99 Å². The number of ether oxygens (including phenoxy) is 2. The van der Waals surface area contributed by atoms with E-state index in [9.17, 15) is 15.2 Å². The van der Waals surface area contributed by atoms with E-state index in [1.54, 1.807) is 19.1 Å². The molecule has 7 nitrogen and oxygen atoms in total. The average Bonchev–Trinajstić information content (AvgIpc) is 3.20. The number of hydrogen-bond acceptors (Lipinski definition) is 6. The molecule has 1 fully saturated rings. The highest BCUT2D eigenvalue weighted by atomic mass is 16.5. The molecular formula is C21H23N3O4. The molecule has 0 amide bonds. The molecule has 0 spiro atoms. The summed E-state index contributed by atoms with van der Waals surface area (Å²) >= 11 is 0. The zero-order chi connectivity index (χ0) is 20.1. The van der Waals surface area contributed by atoms with Crippen molar-refractivity contribution >= 4 is 11.9 Å². The third-order valence-electron chi connectivity index (χ3n) is 4.75. The SMILES string of the molecule is CCOc1ccc(N=Cc2c(C)c(C#N)c(=O)n(CC3CCCO3)c2O)cc1. The molecule has 0 aliphatic carbocycles. The van der Waals surface area contributed by atoms with Crippen LogP contribution in [0.4, 0.5) is 5.69 Å². The summed E-state index contributed by atoms with van der Waals surface area (Å²) in [5.74, 6) is 0.545. The minimum atomic E-state index is -0.508. The third kappa shape index (κ3) is 4.07. The lowest BCUT2D eigenvalue weighted by Gasteiger charge is -2.17. The van der Waals surface area contributed by atoms with Crippen LogP contribution in [0.15, 0.2) is 34.1 Å². The van der Waals surface area contributed by atoms with Gasteiger partial charge in [0, 0.05) is 12.8 Å². The number of hydrogen-bond donors (Lipinski definition) is 1. The molecule has 2 heterocycles. The molecule has 1 atom stereocenters. The Morgan fingerprint density at radius 2 is 2.18 bits per heavy atom. The number of nitrogens with zero attached hydrogens (tertiary/aromatic N) is 3. The predicted octanol–water partition coefficient (Wildman–Crippen LogP) is 3.06. The fraction of sp³-hybridized carbons (Fsp3) is 0.381. The number of benzene rings is 1. The van der Waals surface area contributed by atoms with Crippen LogP contribution < -0.4 is 10.3 Å². The van der Waals surface area contributed by atoms with Gasteiger partial charge in [-0.25, -0.2) is 0 Å². The van der Waals surface area contributed by atoms with Crippen LogP contribution in [0.1, 0.15) is 36.5 Å². The summed E-state index contributed by atoms with van der Waals surface area (Å²) < 4.78 is 12.2. The highest BCUT2D eigenvalue weighted by molar-refractivity contribution is 5.87. The van der Waals surface area contributed by atoms with Gasteiger partial charge in [0.2, 0.25) is 5.88 Å². The zero-order valence-electron chi connectivity index (χ0n) is 16.0. The third-order valence-corrected chi connectivity index (χ3v) is 4.75. The molecule has 1 unspecified atom stereocenters. The molecule has 146 valence electrons. The Bertz CT molecular complexity index is 965. The molecule has 1 aromatic carbocycles. The molecule has 0 radical (unpaired) electrons. The predicted molar refractivity (Wildman–Crippen MR) is 106 cm³/mol. The smallest absolute Gasteiger partial charge is 0.271 e. The van der Waals surface area contributed by atoms with Crippen molar-refractivity contribution < 1.29 is 14.6 Å². The Hall–Kier alpha value is -3.11. The van der Waals surface area contributed by atoms with E-state index < -0.39 is 5.56 Å². The maximum atomic E-state index is 12.6. The van der Waals surface area contributed by atoms with Crippen LogP contribution in [0.2, 0.25) is 0 Å². The Labute approximate surface area is 163 Å². The molecule has 28 heavy (non-hydrogen) atoms. The maximum absolute atomic E-state index is 12.6. The maximum Gasteiger partial charge on any atom is 0.271 e. The zero-order valence-corrected chi connectivity index (χ0v) is 16.0. The summed E-state index contributed by atoms with van der Waals surface area (Å²) in [6, 6.07) is 9.15. The first-order chi connectivity index (χ1) is 13.5. The number of aromatic hydroxyl groups is 1. The molecule has 3 rings (SSSR count). The van der Waals surface area contributed by atoms with Gasteiger partial charge in [-0.1, -0.05) is 0 Å². The fourth-order valence-corrected chi connectivity index (χ4v) is 3.22. The first kappa shape index (κ1) is 19.6. The molecule has 1 saturated heterocycles. The van der Waals surface area contributed by atoms with E-state index in [4.69, 9.17) is 9.47 Å². The van der Waals surface area contributed by atoms with Gasteiger partial charge in [0.05, 0.1) is 30.5 Å². The topological polar surface area (TPSA) is 96.8 Å². The minimum Gasteiger partial charge on any atom is -0.494 e. The van der Waals surface area contributed by atoms with Crippen molar-refractivity contribution in [1.82, 2.24) is 4.57 Å². The van der Waals surface area contributed by atoms with E-state index >= 15 is 0 Å². The lowest BCUT2D eigenvalue weighted by molar-refractivity contribution is 0.0938. The summed E-state index contributed by atoms with van der Waals surface area (Å²) in [5.41, 5.74) is 0.916.